The molecule has 7 nitrogen and oxygen atoms in total. The molecule has 26 heavy (non-hydrogen) atoms. The molecule has 1 fully saturated rings. The van der Waals surface area contributed by atoms with Crippen LogP contribution in [-0.2, 0) is 0 Å². The maximum absolute atomic E-state index is 12.5. The van der Waals surface area contributed by atoms with E-state index in [1.807, 2.05) is 0 Å². The van der Waals surface area contributed by atoms with Crippen LogP contribution in [0.3, 0.4) is 0 Å². The lowest BCUT2D eigenvalue weighted by Crippen LogP contribution is -2.35. The second-order valence-corrected chi connectivity index (χ2v) is 6.49. The summed E-state index contributed by atoms with van der Waals surface area (Å²) in [6, 6.07) is 5.22. The molecule has 2 heterocycles. The number of piperidine rings is 1. The molecule has 0 saturated carbocycles. The summed E-state index contributed by atoms with van der Waals surface area (Å²) >= 11 is 0. The Morgan fingerprint density at radius 2 is 2.00 bits per heavy atom. The van der Waals surface area contributed by atoms with Crippen molar-refractivity contribution in [1.29, 1.82) is 0 Å². The number of carbonyl (C=O) groups excluding carboxylic acids is 1. The Labute approximate surface area is 153 Å². The summed E-state index contributed by atoms with van der Waals surface area (Å²) in [4.78, 5) is 23.4. The van der Waals surface area contributed by atoms with E-state index in [0.717, 1.165) is 19.5 Å². The standard InChI is InChI=1S/C19H24N4O3/c1-13-5-4-8-23(12-13)19-20-10-14(11-21-19)18(24)22-16-9-15(25-2)6-7-17(16)26-3/h6-7,9-11,13H,4-5,8,12H2,1-3H3,(H,22,24). The first kappa shape index (κ1) is 18.0. The van der Waals surface area contributed by atoms with Crippen molar-refractivity contribution in [2.75, 3.05) is 37.5 Å². The van der Waals surface area contributed by atoms with Gasteiger partial charge in [-0.2, -0.15) is 0 Å². The predicted octanol–water partition coefficient (Wildman–Crippen LogP) is 2.98. The normalized spacial score (nSPS) is 16.9. The average molecular weight is 356 g/mol. The summed E-state index contributed by atoms with van der Waals surface area (Å²) in [5.41, 5.74) is 0.925. The van der Waals surface area contributed by atoms with E-state index in [9.17, 15) is 4.79 Å². The van der Waals surface area contributed by atoms with Crippen molar-refractivity contribution in [2.24, 2.45) is 5.92 Å². The first-order valence-corrected chi connectivity index (χ1v) is 8.71. The molecule has 1 saturated heterocycles. The highest BCUT2D eigenvalue weighted by atomic mass is 16.5. The first-order chi connectivity index (χ1) is 12.6. The molecule has 0 spiro atoms. The number of nitrogens with zero attached hydrogens (tertiary/aromatic N) is 3. The fourth-order valence-corrected chi connectivity index (χ4v) is 3.08. The number of aromatic nitrogens is 2. The van der Waals surface area contributed by atoms with Crippen molar-refractivity contribution in [2.45, 2.75) is 19.8 Å². The van der Waals surface area contributed by atoms with Crippen LogP contribution in [0.5, 0.6) is 11.5 Å². The minimum absolute atomic E-state index is 0.296. The Balaban J connectivity index is 1.72. The van der Waals surface area contributed by atoms with Gasteiger partial charge >= 0.3 is 0 Å². The van der Waals surface area contributed by atoms with Gasteiger partial charge in [0.15, 0.2) is 0 Å². The number of rotatable bonds is 5. The molecule has 1 aliphatic rings. The third-order valence-corrected chi connectivity index (χ3v) is 4.50. The van der Waals surface area contributed by atoms with Gasteiger partial charge in [-0.05, 0) is 30.9 Å². The van der Waals surface area contributed by atoms with Gasteiger partial charge in [0.05, 0.1) is 25.5 Å². The average Bonchev–Trinajstić information content (AvgIpc) is 2.68. The SMILES string of the molecule is COc1ccc(OC)c(NC(=O)c2cnc(N3CCCC(C)C3)nc2)c1. The molecule has 0 bridgehead atoms. The van der Waals surface area contributed by atoms with Crippen molar-refractivity contribution < 1.29 is 14.3 Å². The fraction of sp³-hybridized carbons (Fsp3) is 0.421. The van der Waals surface area contributed by atoms with Crippen molar-refractivity contribution in [1.82, 2.24) is 9.97 Å². The van der Waals surface area contributed by atoms with Gasteiger partial charge in [-0.1, -0.05) is 6.92 Å². The Hall–Kier alpha value is -2.83. The highest BCUT2D eigenvalue weighted by Crippen LogP contribution is 2.29. The Morgan fingerprint density at radius 1 is 1.23 bits per heavy atom. The van der Waals surface area contributed by atoms with Crippen LogP contribution < -0.4 is 19.7 Å². The number of nitrogens with one attached hydrogen (secondary N) is 1. The number of hydrogen-bond acceptors (Lipinski definition) is 6. The fourth-order valence-electron chi connectivity index (χ4n) is 3.08. The second kappa shape index (κ2) is 8.03. The second-order valence-electron chi connectivity index (χ2n) is 6.49. The van der Waals surface area contributed by atoms with Gasteiger partial charge in [-0.25, -0.2) is 9.97 Å². The number of ether oxygens (including phenoxy) is 2. The van der Waals surface area contributed by atoms with Crippen LogP contribution >= 0.6 is 0 Å². The molecule has 1 amide bonds. The molecule has 0 aliphatic carbocycles. The molecule has 3 rings (SSSR count). The van der Waals surface area contributed by atoms with Crippen molar-refractivity contribution in [3.63, 3.8) is 0 Å². The Kier molecular flexibility index (Phi) is 5.55. The molecular formula is C19H24N4O3. The quantitative estimate of drug-likeness (QED) is 0.887. The molecule has 1 unspecified atom stereocenters. The lowest BCUT2D eigenvalue weighted by atomic mass is 10.0. The summed E-state index contributed by atoms with van der Waals surface area (Å²) < 4.78 is 10.5. The maximum atomic E-state index is 12.5. The van der Waals surface area contributed by atoms with Crippen molar-refractivity contribution >= 4 is 17.5 Å². The zero-order valence-electron chi connectivity index (χ0n) is 15.4. The molecule has 1 aromatic carbocycles. The van der Waals surface area contributed by atoms with E-state index in [4.69, 9.17) is 9.47 Å². The van der Waals surface area contributed by atoms with Gasteiger partial charge in [0, 0.05) is 31.5 Å². The molecule has 1 aliphatic heterocycles. The van der Waals surface area contributed by atoms with Crippen LogP contribution in [0, 0.1) is 5.92 Å². The van der Waals surface area contributed by atoms with Gasteiger partial charge < -0.3 is 19.7 Å². The summed E-state index contributed by atoms with van der Waals surface area (Å²) in [6.07, 6.45) is 5.49. The zero-order valence-corrected chi connectivity index (χ0v) is 15.4. The van der Waals surface area contributed by atoms with Crippen LogP contribution in [-0.4, -0.2) is 43.2 Å². The number of amides is 1. The third kappa shape index (κ3) is 4.04. The number of anilines is 2. The smallest absolute Gasteiger partial charge is 0.258 e. The molecule has 2 aromatic rings. The predicted molar refractivity (Wildman–Crippen MR) is 100 cm³/mol. The Bertz CT molecular complexity index is 764. The molecular weight excluding hydrogens is 332 g/mol. The highest BCUT2D eigenvalue weighted by molar-refractivity contribution is 6.04. The topological polar surface area (TPSA) is 76.6 Å². The highest BCUT2D eigenvalue weighted by Gasteiger charge is 2.19. The first-order valence-electron chi connectivity index (χ1n) is 8.71. The maximum Gasteiger partial charge on any atom is 0.258 e. The third-order valence-electron chi connectivity index (χ3n) is 4.50. The molecule has 1 N–H and O–H groups in total. The van der Waals surface area contributed by atoms with E-state index < -0.39 is 0 Å². The zero-order chi connectivity index (χ0) is 18.5. The van der Waals surface area contributed by atoms with Gasteiger partial charge in [-0.15, -0.1) is 0 Å². The summed E-state index contributed by atoms with van der Waals surface area (Å²) in [7, 11) is 3.12. The summed E-state index contributed by atoms with van der Waals surface area (Å²) in [5, 5.41) is 2.82. The molecule has 1 atom stereocenters. The van der Waals surface area contributed by atoms with Crippen LogP contribution in [0.1, 0.15) is 30.1 Å². The van der Waals surface area contributed by atoms with E-state index in [1.165, 1.54) is 6.42 Å². The van der Waals surface area contributed by atoms with E-state index in [-0.39, 0.29) is 5.91 Å². The van der Waals surface area contributed by atoms with Crippen molar-refractivity contribution in [3.8, 4) is 11.5 Å². The minimum Gasteiger partial charge on any atom is -0.497 e. The molecule has 7 heteroatoms. The number of hydrogen-bond donors (Lipinski definition) is 1. The van der Waals surface area contributed by atoms with E-state index in [0.29, 0.717) is 34.6 Å². The molecule has 1 aromatic heterocycles. The van der Waals surface area contributed by atoms with Gasteiger partial charge in [-0.3, -0.25) is 4.79 Å². The molecule has 138 valence electrons. The van der Waals surface area contributed by atoms with E-state index >= 15 is 0 Å². The van der Waals surface area contributed by atoms with Crippen LogP contribution in [0.15, 0.2) is 30.6 Å². The summed E-state index contributed by atoms with van der Waals surface area (Å²) in [6.45, 7) is 4.14. The van der Waals surface area contributed by atoms with E-state index in [1.54, 1.807) is 44.8 Å². The van der Waals surface area contributed by atoms with Gasteiger partial charge in [0.1, 0.15) is 11.5 Å². The molecule has 0 radical (unpaired) electrons. The summed E-state index contributed by atoms with van der Waals surface area (Å²) in [5.74, 6) is 2.20. The van der Waals surface area contributed by atoms with Crippen molar-refractivity contribution in [3.05, 3.63) is 36.2 Å². The van der Waals surface area contributed by atoms with E-state index in [2.05, 4.69) is 27.1 Å². The number of methoxy groups -OCH3 is 2. The largest absolute Gasteiger partial charge is 0.497 e. The van der Waals surface area contributed by atoms with Gasteiger partial charge in [0.2, 0.25) is 5.95 Å². The van der Waals surface area contributed by atoms with Crippen LogP contribution in [0.25, 0.3) is 0 Å². The number of benzene rings is 1. The van der Waals surface area contributed by atoms with Gasteiger partial charge in [0.25, 0.3) is 5.91 Å². The monoisotopic (exact) mass is 356 g/mol. The van der Waals surface area contributed by atoms with Crippen LogP contribution in [0.2, 0.25) is 0 Å². The van der Waals surface area contributed by atoms with Crippen LogP contribution in [0.4, 0.5) is 11.6 Å². The minimum atomic E-state index is -0.296. The lowest BCUT2D eigenvalue weighted by Gasteiger charge is -2.30. The Morgan fingerprint density at radius 3 is 2.65 bits per heavy atom. The lowest BCUT2D eigenvalue weighted by molar-refractivity contribution is 0.102. The number of carbonyl (C=O) groups is 1.